The van der Waals surface area contributed by atoms with Crippen LogP contribution in [0.1, 0.15) is 33.8 Å². The van der Waals surface area contributed by atoms with E-state index in [1.807, 2.05) is 0 Å². The summed E-state index contributed by atoms with van der Waals surface area (Å²) >= 11 is 0. The number of morpholine rings is 1. The molecule has 1 aliphatic rings. The number of amides is 3. The average Bonchev–Trinajstić information content (AvgIpc) is 3.48. The number of nitrogens with one attached hydrogen (secondary N) is 3. The van der Waals surface area contributed by atoms with Crippen LogP contribution in [0.4, 0.5) is 24.5 Å². The third-order valence-electron chi connectivity index (χ3n) is 5.86. The maximum Gasteiger partial charge on any atom is 0.490 e. The predicted octanol–water partition coefficient (Wildman–Crippen LogP) is 1.20. The number of aromatic nitrogens is 2. The molecule has 1 fully saturated rings. The van der Waals surface area contributed by atoms with Gasteiger partial charge in [-0.2, -0.15) is 13.2 Å². The molecule has 42 heavy (non-hydrogen) atoms. The highest BCUT2D eigenvalue weighted by molar-refractivity contribution is 6.05. The summed E-state index contributed by atoms with van der Waals surface area (Å²) in [6.45, 7) is 4.39. The van der Waals surface area contributed by atoms with Crippen molar-refractivity contribution in [1.82, 2.24) is 19.4 Å². The van der Waals surface area contributed by atoms with Crippen LogP contribution in [0, 0.1) is 0 Å². The quantitative estimate of drug-likeness (QED) is 0.292. The minimum atomic E-state index is -5.08. The minimum Gasteiger partial charge on any atom is -0.475 e. The van der Waals surface area contributed by atoms with Gasteiger partial charge in [-0.25, -0.2) is 4.79 Å². The van der Waals surface area contributed by atoms with Gasteiger partial charge in [0.1, 0.15) is 11.4 Å². The molecule has 4 N–H and O–H groups in total. The number of halogens is 3. The summed E-state index contributed by atoms with van der Waals surface area (Å²) in [5.41, 5.74) is 1.64. The summed E-state index contributed by atoms with van der Waals surface area (Å²) in [4.78, 5) is 59.7. The Kier molecular flexibility index (Phi) is 12.5. The molecular formula is C25H33F3N6O8. The van der Waals surface area contributed by atoms with Crippen LogP contribution >= 0.6 is 0 Å². The lowest BCUT2D eigenvalue weighted by Gasteiger charge is -2.26. The zero-order valence-corrected chi connectivity index (χ0v) is 23.2. The fourth-order valence-electron chi connectivity index (χ4n) is 3.70. The molecule has 2 aromatic rings. The van der Waals surface area contributed by atoms with Crippen LogP contribution in [0.2, 0.25) is 0 Å². The standard InChI is InChI=1S/C23H32N6O6.C2HF3O2/c1-27-15-17(13-18(27)22(32)24-6-7-29-8-10-35-11-9-29)26-23(33)19-12-16(14-28(19)2)25-20(30)4-5-21(31)34-3;3-2(4,5)1(6)7/h12-15H,4-11H2,1-3H3,(H,24,32)(H,25,30)(H,26,33);(H,6,7). The molecule has 0 spiro atoms. The second-order valence-corrected chi connectivity index (χ2v) is 9.04. The topological polar surface area (TPSA) is 173 Å². The van der Waals surface area contributed by atoms with E-state index in [1.54, 1.807) is 41.7 Å². The molecule has 0 saturated carbocycles. The van der Waals surface area contributed by atoms with Crippen molar-refractivity contribution in [2.24, 2.45) is 14.1 Å². The predicted molar refractivity (Wildman–Crippen MR) is 142 cm³/mol. The number of rotatable bonds is 10. The molecule has 1 saturated heterocycles. The molecule has 0 aliphatic carbocycles. The highest BCUT2D eigenvalue weighted by Gasteiger charge is 2.38. The first-order valence-corrected chi connectivity index (χ1v) is 12.6. The number of ether oxygens (including phenoxy) is 2. The van der Waals surface area contributed by atoms with Gasteiger partial charge >= 0.3 is 18.1 Å². The molecule has 3 rings (SSSR count). The van der Waals surface area contributed by atoms with E-state index < -0.39 is 24.0 Å². The first-order chi connectivity index (χ1) is 19.7. The van der Waals surface area contributed by atoms with Crippen molar-refractivity contribution in [3.8, 4) is 0 Å². The minimum absolute atomic E-state index is 0.0234. The Morgan fingerprint density at radius 1 is 0.929 bits per heavy atom. The van der Waals surface area contributed by atoms with Gasteiger partial charge in [0.2, 0.25) is 5.91 Å². The van der Waals surface area contributed by atoms with Gasteiger partial charge in [0.25, 0.3) is 11.8 Å². The lowest BCUT2D eigenvalue weighted by Crippen LogP contribution is -2.41. The van der Waals surface area contributed by atoms with E-state index in [2.05, 4.69) is 25.6 Å². The van der Waals surface area contributed by atoms with Crippen LogP contribution in [0.5, 0.6) is 0 Å². The van der Waals surface area contributed by atoms with Gasteiger partial charge in [-0.3, -0.25) is 24.1 Å². The largest absolute Gasteiger partial charge is 0.490 e. The van der Waals surface area contributed by atoms with E-state index in [4.69, 9.17) is 14.6 Å². The first kappa shape index (κ1) is 33.8. The molecule has 3 heterocycles. The van der Waals surface area contributed by atoms with E-state index in [-0.39, 0.29) is 24.7 Å². The Morgan fingerprint density at radius 3 is 1.98 bits per heavy atom. The number of carbonyl (C=O) groups is 5. The number of alkyl halides is 3. The van der Waals surface area contributed by atoms with Crippen molar-refractivity contribution in [2.45, 2.75) is 19.0 Å². The number of methoxy groups -OCH3 is 1. The highest BCUT2D eigenvalue weighted by atomic mass is 19.4. The number of esters is 1. The van der Waals surface area contributed by atoms with E-state index in [0.29, 0.717) is 42.5 Å². The van der Waals surface area contributed by atoms with E-state index in [9.17, 15) is 32.3 Å². The lowest BCUT2D eigenvalue weighted by molar-refractivity contribution is -0.192. The van der Waals surface area contributed by atoms with Gasteiger partial charge < -0.3 is 39.7 Å². The van der Waals surface area contributed by atoms with Gasteiger partial charge in [0.15, 0.2) is 0 Å². The smallest absolute Gasteiger partial charge is 0.475 e. The van der Waals surface area contributed by atoms with Crippen LogP contribution in [0.25, 0.3) is 0 Å². The van der Waals surface area contributed by atoms with Crippen molar-refractivity contribution >= 4 is 41.0 Å². The number of hydrogen-bond acceptors (Lipinski definition) is 8. The molecule has 0 atom stereocenters. The summed E-state index contributed by atoms with van der Waals surface area (Å²) < 4.78 is 44.8. The zero-order chi connectivity index (χ0) is 31.4. The highest BCUT2D eigenvalue weighted by Crippen LogP contribution is 2.18. The SMILES string of the molecule is COC(=O)CCC(=O)Nc1cc(C(=O)Nc2cc(C(=O)NCCN3CCOCC3)n(C)c2)n(C)c1.O=C(O)C(F)(F)F. The number of carbonyl (C=O) groups excluding carboxylic acids is 4. The molecule has 3 amide bonds. The Bertz CT molecular complexity index is 1270. The second-order valence-electron chi connectivity index (χ2n) is 9.04. The van der Waals surface area contributed by atoms with Crippen molar-refractivity contribution in [3.63, 3.8) is 0 Å². The fraction of sp³-hybridized carbons (Fsp3) is 0.480. The molecule has 0 radical (unpaired) electrons. The molecule has 0 aromatic carbocycles. The zero-order valence-electron chi connectivity index (χ0n) is 23.2. The molecule has 0 bridgehead atoms. The maximum atomic E-state index is 12.8. The lowest BCUT2D eigenvalue weighted by atomic mass is 10.3. The average molecular weight is 603 g/mol. The number of carboxylic acid groups (broad SMARTS) is 1. The van der Waals surface area contributed by atoms with Crippen LogP contribution in [0.15, 0.2) is 24.5 Å². The second kappa shape index (κ2) is 15.6. The Morgan fingerprint density at radius 2 is 1.45 bits per heavy atom. The Hall–Kier alpha value is -4.38. The van der Waals surface area contributed by atoms with Gasteiger partial charge in [-0.1, -0.05) is 0 Å². The third-order valence-corrected chi connectivity index (χ3v) is 5.86. The molecule has 1 aliphatic heterocycles. The van der Waals surface area contributed by atoms with Crippen LogP contribution in [-0.2, 0) is 38.0 Å². The van der Waals surface area contributed by atoms with Crippen LogP contribution < -0.4 is 16.0 Å². The number of hydrogen-bond donors (Lipinski definition) is 4. The van der Waals surface area contributed by atoms with Crippen molar-refractivity contribution < 1.29 is 51.7 Å². The number of anilines is 2. The molecular weight excluding hydrogens is 569 g/mol. The normalized spacial score (nSPS) is 13.4. The molecule has 2 aromatic heterocycles. The molecule has 14 nitrogen and oxygen atoms in total. The summed E-state index contributed by atoms with van der Waals surface area (Å²) in [5.74, 6) is -4.21. The van der Waals surface area contributed by atoms with E-state index in [0.717, 1.165) is 19.6 Å². The number of nitrogens with zero attached hydrogens (tertiary/aromatic N) is 3. The van der Waals surface area contributed by atoms with Crippen molar-refractivity contribution in [3.05, 3.63) is 35.9 Å². The van der Waals surface area contributed by atoms with Crippen LogP contribution in [0.3, 0.4) is 0 Å². The van der Waals surface area contributed by atoms with Gasteiger partial charge in [-0.05, 0) is 12.1 Å². The van der Waals surface area contributed by atoms with Gasteiger partial charge in [0.05, 0.1) is 38.1 Å². The van der Waals surface area contributed by atoms with Crippen molar-refractivity contribution in [1.29, 1.82) is 0 Å². The van der Waals surface area contributed by atoms with Gasteiger partial charge in [0, 0.05) is 59.1 Å². The summed E-state index contributed by atoms with van der Waals surface area (Å²) in [7, 11) is 4.67. The Labute approximate surface area is 238 Å². The Balaban J connectivity index is 0.000000782. The third kappa shape index (κ3) is 10.9. The summed E-state index contributed by atoms with van der Waals surface area (Å²) in [5, 5.41) is 15.5. The summed E-state index contributed by atoms with van der Waals surface area (Å²) in [6.07, 6.45) is -1.87. The van der Waals surface area contributed by atoms with Crippen molar-refractivity contribution in [2.75, 3.05) is 57.1 Å². The molecule has 17 heteroatoms. The van der Waals surface area contributed by atoms with Crippen LogP contribution in [-0.4, -0.2) is 101 Å². The number of carboxylic acids is 1. The number of aryl methyl sites for hydroxylation is 2. The maximum absolute atomic E-state index is 12.8. The van der Waals surface area contributed by atoms with Gasteiger partial charge in [-0.15, -0.1) is 0 Å². The molecule has 0 unspecified atom stereocenters. The fourth-order valence-corrected chi connectivity index (χ4v) is 3.70. The summed E-state index contributed by atoms with van der Waals surface area (Å²) in [6, 6.07) is 3.15. The van der Waals surface area contributed by atoms with E-state index in [1.165, 1.54) is 13.2 Å². The number of aliphatic carboxylic acids is 1. The van der Waals surface area contributed by atoms with E-state index >= 15 is 0 Å². The molecule has 232 valence electrons. The first-order valence-electron chi connectivity index (χ1n) is 12.6. The monoisotopic (exact) mass is 602 g/mol.